The molecule has 0 spiro atoms. The molecule has 2 heteroatoms. The zero-order valence-corrected chi connectivity index (χ0v) is 19.5. The number of allylic oxidation sites excluding steroid dienone is 4. The van der Waals surface area contributed by atoms with Crippen molar-refractivity contribution in [3.8, 4) is 6.07 Å². The zero-order chi connectivity index (χ0) is 21.7. The van der Waals surface area contributed by atoms with Crippen molar-refractivity contribution in [3.05, 3.63) is 59.7 Å². The second-order valence-corrected chi connectivity index (χ2v) is 9.68. The summed E-state index contributed by atoms with van der Waals surface area (Å²) in [5.74, 6) is 2.37. The van der Waals surface area contributed by atoms with Crippen molar-refractivity contribution >= 4 is 0 Å². The summed E-state index contributed by atoms with van der Waals surface area (Å²) < 4.78 is 6.37. The lowest BCUT2D eigenvalue weighted by molar-refractivity contribution is -0.00824. The Morgan fingerprint density at radius 2 is 1.65 bits per heavy atom. The van der Waals surface area contributed by atoms with Crippen LogP contribution >= 0.6 is 0 Å². The van der Waals surface area contributed by atoms with Gasteiger partial charge < -0.3 is 4.74 Å². The Kier molecular flexibility index (Phi) is 10.4. The molecule has 31 heavy (non-hydrogen) atoms. The molecule has 0 saturated heterocycles. The van der Waals surface area contributed by atoms with Crippen LogP contribution in [0.15, 0.2) is 48.6 Å². The smallest absolute Gasteiger partial charge is 0.0912 e. The molecule has 2 fully saturated rings. The molecule has 0 heterocycles. The normalized spacial score (nSPS) is 27.0. The molecule has 2 nitrogen and oxygen atoms in total. The van der Waals surface area contributed by atoms with Gasteiger partial charge in [-0.15, -0.1) is 0 Å². The van der Waals surface area contributed by atoms with Crippen molar-refractivity contribution in [3.63, 3.8) is 0 Å². The summed E-state index contributed by atoms with van der Waals surface area (Å²) in [7, 11) is 0. The number of ether oxygens (including phenoxy) is 1. The van der Waals surface area contributed by atoms with E-state index in [0.29, 0.717) is 6.10 Å². The van der Waals surface area contributed by atoms with Gasteiger partial charge in [0.05, 0.1) is 12.2 Å². The number of aryl methyl sites for hydroxylation is 1. The average molecular weight is 420 g/mol. The third kappa shape index (κ3) is 8.30. The van der Waals surface area contributed by atoms with Crippen LogP contribution in [0.25, 0.3) is 0 Å². The lowest BCUT2D eigenvalue weighted by Gasteiger charge is -2.32. The van der Waals surface area contributed by atoms with E-state index < -0.39 is 0 Å². The van der Waals surface area contributed by atoms with Gasteiger partial charge in [-0.25, -0.2) is 0 Å². The summed E-state index contributed by atoms with van der Waals surface area (Å²) in [6, 6.07) is 11.5. The highest BCUT2D eigenvalue weighted by Crippen LogP contribution is 2.37. The summed E-state index contributed by atoms with van der Waals surface area (Å²) in [5.41, 5.74) is 3.03. The van der Waals surface area contributed by atoms with Crippen molar-refractivity contribution in [2.45, 2.75) is 96.0 Å². The molecule has 1 aromatic rings. The maximum atomic E-state index is 8.48. The largest absolute Gasteiger partial charge is 0.378 e. The van der Waals surface area contributed by atoms with Crippen LogP contribution in [-0.2, 0) is 11.2 Å². The second kappa shape index (κ2) is 13.5. The van der Waals surface area contributed by atoms with Crippen molar-refractivity contribution in [1.82, 2.24) is 0 Å². The molecule has 3 rings (SSSR count). The summed E-state index contributed by atoms with van der Waals surface area (Å²) in [6.45, 7) is 3.23. The van der Waals surface area contributed by atoms with Crippen LogP contribution in [0.5, 0.6) is 0 Å². The standard InChI is InChI=1S/C29H41NO/c1-2-8-24-10-16-27(17-11-24)28-18-12-26(13-19-28)23-31-29-20-14-25(15-21-29)9-6-4-3-5-7-22-30/h3-5,7,10-11,16-17,25-26,28-29H,2,6,8-9,12-15,18-21,23H2,1H3/b4-3+,7-5+/t25-,26-,28-,29-. The Balaban J connectivity index is 1.28. The van der Waals surface area contributed by atoms with E-state index in [9.17, 15) is 0 Å². The van der Waals surface area contributed by atoms with Gasteiger partial charge in [0.15, 0.2) is 0 Å². The van der Waals surface area contributed by atoms with Crippen LogP contribution in [0.3, 0.4) is 0 Å². The fraction of sp³-hybridized carbons (Fsp3) is 0.621. The third-order valence-electron chi connectivity index (χ3n) is 7.36. The molecule has 0 bridgehead atoms. The molecule has 0 unspecified atom stereocenters. The fourth-order valence-electron chi connectivity index (χ4n) is 5.37. The molecular formula is C29H41NO. The van der Waals surface area contributed by atoms with Crippen molar-refractivity contribution in [1.29, 1.82) is 5.26 Å². The summed E-state index contributed by atoms with van der Waals surface area (Å²) >= 11 is 0. The van der Waals surface area contributed by atoms with E-state index in [0.717, 1.165) is 30.8 Å². The van der Waals surface area contributed by atoms with Crippen LogP contribution in [0, 0.1) is 23.2 Å². The van der Waals surface area contributed by atoms with E-state index in [-0.39, 0.29) is 0 Å². The van der Waals surface area contributed by atoms with Gasteiger partial charge in [-0.3, -0.25) is 0 Å². The summed E-state index contributed by atoms with van der Waals surface area (Å²) in [4.78, 5) is 0. The molecule has 0 aliphatic heterocycles. The Labute approximate surface area is 190 Å². The molecule has 0 amide bonds. The highest BCUT2D eigenvalue weighted by atomic mass is 16.5. The maximum absolute atomic E-state index is 8.48. The minimum absolute atomic E-state index is 0.495. The second-order valence-electron chi connectivity index (χ2n) is 9.68. The SMILES string of the molecule is CCCc1ccc([C@H]2CC[C@H](CO[C@H]3CC[C@H](CC/C=C/C=C/C#N)CC3)CC2)cc1. The number of benzene rings is 1. The molecule has 1 aromatic carbocycles. The Morgan fingerprint density at radius 3 is 2.32 bits per heavy atom. The van der Waals surface area contributed by atoms with E-state index in [1.807, 2.05) is 18.2 Å². The van der Waals surface area contributed by atoms with Crippen LogP contribution < -0.4 is 0 Å². The van der Waals surface area contributed by atoms with E-state index in [1.54, 1.807) is 5.56 Å². The summed E-state index contributed by atoms with van der Waals surface area (Å²) in [5, 5.41) is 8.48. The van der Waals surface area contributed by atoms with Gasteiger partial charge in [-0.05, 0) is 99.5 Å². The van der Waals surface area contributed by atoms with Crippen molar-refractivity contribution in [2.75, 3.05) is 6.61 Å². The Hall–Kier alpha value is -1.85. The Bertz CT molecular complexity index is 710. The third-order valence-corrected chi connectivity index (χ3v) is 7.36. The first kappa shape index (κ1) is 23.8. The topological polar surface area (TPSA) is 33.0 Å². The molecule has 168 valence electrons. The highest BCUT2D eigenvalue weighted by molar-refractivity contribution is 5.25. The summed E-state index contributed by atoms with van der Waals surface area (Å²) in [6.07, 6.45) is 23.2. The number of nitrogens with zero attached hydrogens (tertiary/aromatic N) is 1. The van der Waals surface area contributed by atoms with Gasteiger partial charge in [0.2, 0.25) is 0 Å². The van der Waals surface area contributed by atoms with Crippen molar-refractivity contribution in [2.24, 2.45) is 11.8 Å². The van der Waals surface area contributed by atoms with E-state index in [4.69, 9.17) is 10.00 Å². The molecule has 0 radical (unpaired) electrons. The molecule has 2 aliphatic carbocycles. The lowest BCUT2D eigenvalue weighted by atomic mass is 9.78. The average Bonchev–Trinajstić information content (AvgIpc) is 2.82. The van der Waals surface area contributed by atoms with Gasteiger partial charge in [0.25, 0.3) is 0 Å². The first-order valence-electron chi connectivity index (χ1n) is 12.7. The van der Waals surface area contributed by atoms with Gasteiger partial charge in [0.1, 0.15) is 0 Å². The number of rotatable bonds is 10. The lowest BCUT2D eigenvalue weighted by Crippen LogP contribution is -2.25. The number of hydrogen-bond acceptors (Lipinski definition) is 2. The number of nitriles is 1. The molecule has 2 aliphatic rings. The maximum Gasteiger partial charge on any atom is 0.0912 e. The first-order valence-corrected chi connectivity index (χ1v) is 12.7. The van der Waals surface area contributed by atoms with E-state index in [1.165, 1.54) is 82.3 Å². The van der Waals surface area contributed by atoms with E-state index in [2.05, 4.69) is 37.3 Å². The minimum atomic E-state index is 0.495. The van der Waals surface area contributed by atoms with Gasteiger partial charge >= 0.3 is 0 Å². The van der Waals surface area contributed by atoms with Crippen LogP contribution in [0.1, 0.15) is 94.6 Å². The monoisotopic (exact) mass is 419 g/mol. The fourth-order valence-corrected chi connectivity index (χ4v) is 5.37. The molecule has 0 atom stereocenters. The van der Waals surface area contributed by atoms with Gasteiger partial charge in [0, 0.05) is 12.7 Å². The molecule has 0 N–H and O–H groups in total. The van der Waals surface area contributed by atoms with E-state index >= 15 is 0 Å². The van der Waals surface area contributed by atoms with Gasteiger partial charge in [-0.2, -0.15) is 5.26 Å². The van der Waals surface area contributed by atoms with Crippen molar-refractivity contribution < 1.29 is 4.74 Å². The molecule has 2 saturated carbocycles. The molecule has 0 aromatic heterocycles. The van der Waals surface area contributed by atoms with Gasteiger partial charge in [-0.1, -0.05) is 55.8 Å². The quantitative estimate of drug-likeness (QED) is 0.285. The predicted molar refractivity (Wildman–Crippen MR) is 130 cm³/mol. The molecular weight excluding hydrogens is 378 g/mol. The minimum Gasteiger partial charge on any atom is -0.378 e. The highest BCUT2D eigenvalue weighted by Gasteiger charge is 2.25. The van der Waals surface area contributed by atoms with Crippen LogP contribution in [0.2, 0.25) is 0 Å². The first-order chi connectivity index (χ1) is 15.3. The Morgan fingerprint density at radius 1 is 0.935 bits per heavy atom. The van der Waals surface area contributed by atoms with Crippen LogP contribution in [0.4, 0.5) is 0 Å². The zero-order valence-electron chi connectivity index (χ0n) is 19.5. The number of hydrogen-bond donors (Lipinski definition) is 0. The predicted octanol–water partition coefficient (Wildman–Crippen LogP) is 7.90. The van der Waals surface area contributed by atoms with Crippen LogP contribution in [-0.4, -0.2) is 12.7 Å².